The summed E-state index contributed by atoms with van der Waals surface area (Å²) in [5.41, 5.74) is 1.43. The average molecular weight is 441 g/mol. The number of carbonyl (C=O) groups is 4. The average Bonchev–Trinajstić information content (AvgIpc) is 3.38. The van der Waals surface area contributed by atoms with Crippen LogP contribution < -0.4 is 10.1 Å². The van der Waals surface area contributed by atoms with Gasteiger partial charge in [-0.1, -0.05) is 6.07 Å². The predicted octanol–water partition coefficient (Wildman–Crippen LogP) is 1.72. The number of hydrogen-bond donors (Lipinski definition) is 1. The van der Waals surface area contributed by atoms with Gasteiger partial charge < -0.3 is 19.3 Å². The minimum atomic E-state index is -0.659. The van der Waals surface area contributed by atoms with Crippen LogP contribution >= 0.6 is 0 Å². The molecule has 5 rings (SSSR count). The lowest BCUT2D eigenvalue weighted by molar-refractivity contribution is -0.136. The van der Waals surface area contributed by atoms with Crippen molar-refractivity contribution in [3.05, 3.63) is 28.8 Å². The third-order valence-electron chi connectivity index (χ3n) is 6.74. The van der Waals surface area contributed by atoms with Crippen molar-refractivity contribution >= 4 is 23.8 Å². The molecule has 9 heteroatoms. The summed E-state index contributed by atoms with van der Waals surface area (Å²) >= 11 is 0. The van der Waals surface area contributed by atoms with Gasteiger partial charge in [-0.15, -0.1) is 0 Å². The molecule has 4 amide bonds. The van der Waals surface area contributed by atoms with Gasteiger partial charge in [0.2, 0.25) is 11.8 Å². The number of nitrogens with zero attached hydrogens (tertiary/aromatic N) is 2. The second-order valence-electron chi connectivity index (χ2n) is 10.1. The molecule has 170 valence electrons. The second kappa shape index (κ2) is 6.95. The van der Waals surface area contributed by atoms with Gasteiger partial charge in [-0.05, 0) is 39.7 Å². The van der Waals surface area contributed by atoms with Gasteiger partial charge in [-0.25, -0.2) is 4.79 Å². The summed E-state index contributed by atoms with van der Waals surface area (Å²) < 4.78 is 11.7. The SMILES string of the molecule is CC(C)(C)OC(=O)N1CCC2(COc3c2ccc2c3CN(C3CCC(=O)NC3=O)C2=O)C1. The fourth-order valence-electron chi connectivity index (χ4n) is 5.18. The lowest BCUT2D eigenvalue weighted by atomic mass is 9.80. The summed E-state index contributed by atoms with van der Waals surface area (Å²) in [5, 5.41) is 2.32. The maximum absolute atomic E-state index is 13.0. The van der Waals surface area contributed by atoms with Crippen LogP contribution in [0, 0.1) is 0 Å². The van der Waals surface area contributed by atoms with Crippen molar-refractivity contribution < 1.29 is 28.7 Å². The Kier molecular flexibility index (Phi) is 4.51. The van der Waals surface area contributed by atoms with Crippen molar-refractivity contribution in [3.63, 3.8) is 0 Å². The Labute approximate surface area is 186 Å². The minimum Gasteiger partial charge on any atom is -0.492 e. The molecule has 1 aromatic carbocycles. The van der Waals surface area contributed by atoms with Crippen molar-refractivity contribution in [2.45, 2.75) is 63.6 Å². The fraction of sp³-hybridized carbons (Fsp3) is 0.565. The van der Waals surface area contributed by atoms with Crippen LogP contribution in [-0.2, 0) is 26.3 Å². The monoisotopic (exact) mass is 441 g/mol. The van der Waals surface area contributed by atoms with Crippen LogP contribution in [0.5, 0.6) is 5.75 Å². The van der Waals surface area contributed by atoms with E-state index in [2.05, 4.69) is 5.32 Å². The zero-order valence-corrected chi connectivity index (χ0v) is 18.5. The molecule has 1 aromatic rings. The molecule has 0 saturated carbocycles. The zero-order valence-electron chi connectivity index (χ0n) is 18.5. The van der Waals surface area contributed by atoms with Crippen molar-refractivity contribution in [3.8, 4) is 5.75 Å². The Morgan fingerprint density at radius 3 is 2.75 bits per heavy atom. The van der Waals surface area contributed by atoms with Crippen molar-refractivity contribution in [1.29, 1.82) is 0 Å². The number of rotatable bonds is 1. The molecule has 0 aromatic heterocycles. The molecule has 4 aliphatic heterocycles. The van der Waals surface area contributed by atoms with Crippen molar-refractivity contribution in [2.75, 3.05) is 19.7 Å². The first-order valence-corrected chi connectivity index (χ1v) is 11.0. The zero-order chi connectivity index (χ0) is 22.8. The topological polar surface area (TPSA) is 105 Å². The predicted molar refractivity (Wildman–Crippen MR) is 112 cm³/mol. The largest absolute Gasteiger partial charge is 0.492 e. The molecular formula is C23H27N3O6. The van der Waals surface area contributed by atoms with Crippen LogP contribution in [0.15, 0.2) is 12.1 Å². The smallest absolute Gasteiger partial charge is 0.410 e. The summed E-state index contributed by atoms with van der Waals surface area (Å²) in [7, 11) is 0. The lowest BCUT2D eigenvalue weighted by Gasteiger charge is -2.29. The number of piperidine rings is 1. The van der Waals surface area contributed by atoms with E-state index in [0.717, 1.165) is 17.5 Å². The number of nitrogens with one attached hydrogen (secondary N) is 1. The first kappa shape index (κ1) is 20.8. The third-order valence-corrected chi connectivity index (χ3v) is 6.74. The maximum atomic E-state index is 13.0. The van der Waals surface area contributed by atoms with Gasteiger partial charge in [0.15, 0.2) is 0 Å². The summed E-state index contributed by atoms with van der Waals surface area (Å²) in [4.78, 5) is 52.7. The standard InChI is InChI=1S/C23H27N3O6/c1-22(2,3)32-21(30)25-9-8-23(11-25)12-31-18-14-10-26(16-6-7-17(27)24-19(16)28)20(29)13(14)4-5-15(18)23/h4-5,16H,6-12H2,1-3H3,(H,24,27,28). The number of benzene rings is 1. The molecule has 4 heterocycles. The van der Waals surface area contributed by atoms with Crippen LogP contribution in [0.1, 0.15) is 61.5 Å². The van der Waals surface area contributed by atoms with Gasteiger partial charge in [0.25, 0.3) is 5.91 Å². The quantitative estimate of drug-likeness (QED) is 0.666. The first-order chi connectivity index (χ1) is 15.1. The number of amides is 4. The Bertz CT molecular complexity index is 1040. The molecule has 4 aliphatic rings. The number of ether oxygens (including phenoxy) is 2. The molecule has 2 fully saturated rings. The molecule has 0 bridgehead atoms. The number of imide groups is 1. The normalized spacial score (nSPS) is 26.8. The van der Waals surface area contributed by atoms with Gasteiger partial charge in [0, 0.05) is 36.2 Å². The second-order valence-corrected chi connectivity index (χ2v) is 10.1. The highest BCUT2D eigenvalue weighted by molar-refractivity contribution is 6.05. The molecule has 9 nitrogen and oxygen atoms in total. The van der Waals surface area contributed by atoms with E-state index < -0.39 is 17.6 Å². The third kappa shape index (κ3) is 3.22. The Hall–Kier alpha value is -3.10. The molecular weight excluding hydrogens is 414 g/mol. The molecule has 1 N–H and O–H groups in total. The Balaban J connectivity index is 1.39. The van der Waals surface area contributed by atoms with E-state index in [1.54, 1.807) is 11.0 Å². The number of fused-ring (bicyclic) bond motifs is 4. The highest BCUT2D eigenvalue weighted by Crippen LogP contribution is 2.49. The minimum absolute atomic E-state index is 0.217. The van der Waals surface area contributed by atoms with Crippen molar-refractivity contribution in [2.24, 2.45) is 0 Å². The number of hydrogen-bond acceptors (Lipinski definition) is 6. The van der Waals surface area contributed by atoms with Crippen molar-refractivity contribution in [1.82, 2.24) is 15.1 Å². The van der Waals surface area contributed by atoms with E-state index in [-0.39, 0.29) is 36.3 Å². The van der Waals surface area contributed by atoms with E-state index in [9.17, 15) is 19.2 Å². The summed E-state index contributed by atoms with van der Waals surface area (Å²) in [6, 6.07) is 3.06. The van der Waals surface area contributed by atoms with Gasteiger partial charge in [0.05, 0.1) is 18.6 Å². The van der Waals surface area contributed by atoms with Crippen LogP contribution in [0.2, 0.25) is 0 Å². The number of likely N-dealkylation sites (tertiary alicyclic amines) is 1. The van der Waals surface area contributed by atoms with Crippen LogP contribution in [-0.4, -0.2) is 65.0 Å². The fourth-order valence-corrected chi connectivity index (χ4v) is 5.18. The Morgan fingerprint density at radius 1 is 1.25 bits per heavy atom. The summed E-state index contributed by atoms with van der Waals surface area (Å²) in [6.07, 6.45) is 0.961. The molecule has 2 unspecified atom stereocenters. The maximum Gasteiger partial charge on any atom is 0.410 e. The van der Waals surface area contributed by atoms with E-state index in [0.29, 0.717) is 37.4 Å². The van der Waals surface area contributed by atoms with Gasteiger partial charge in [0.1, 0.15) is 17.4 Å². The molecule has 0 aliphatic carbocycles. The molecule has 2 saturated heterocycles. The van der Waals surface area contributed by atoms with E-state index in [1.165, 1.54) is 4.90 Å². The summed E-state index contributed by atoms with van der Waals surface area (Å²) in [6.45, 7) is 7.33. The highest BCUT2D eigenvalue weighted by Gasteiger charge is 2.50. The first-order valence-electron chi connectivity index (χ1n) is 11.0. The van der Waals surface area contributed by atoms with Crippen LogP contribution in [0.4, 0.5) is 4.79 Å². The lowest BCUT2D eigenvalue weighted by Crippen LogP contribution is -2.52. The molecule has 2 atom stereocenters. The van der Waals surface area contributed by atoms with Gasteiger partial charge in [-0.3, -0.25) is 19.7 Å². The molecule has 32 heavy (non-hydrogen) atoms. The number of carbonyl (C=O) groups excluding carboxylic acids is 4. The van der Waals surface area contributed by atoms with Crippen LogP contribution in [0.3, 0.4) is 0 Å². The van der Waals surface area contributed by atoms with E-state index in [4.69, 9.17) is 9.47 Å². The highest BCUT2D eigenvalue weighted by atomic mass is 16.6. The molecule has 1 spiro atoms. The van der Waals surface area contributed by atoms with Gasteiger partial charge in [-0.2, -0.15) is 0 Å². The Morgan fingerprint density at radius 2 is 2.03 bits per heavy atom. The van der Waals surface area contributed by atoms with Gasteiger partial charge >= 0.3 is 6.09 Å². The van der Waals surface area contributed by atoms with Crippen LogP contribution in [0.25, 0.3) is 0 Å². The van der Waals surface area contributed by atoms with E-state index >= 15 is 0 Å². The van der Waals surface area contributed by atoms with E-state index in [1.807, 2.05) is 26.8 Å². The molecule has 0 radical (unpaired) electrons. The summed E-state index contributed by atoms with van der Waals surface area (Å²) in [5.74, 6) is -0.266.